The Kier molecular flexibility index (Phi) is 7.54. The summed E-state index contributed by atoms with van der Waals surface area (Å²) < 4.78 is 11.3. The minimum Gasteiger partial charge on any atom is -0.494 e. The lowest BCUT2D eigenvalue weighted by atomic mass is 10.1. The topological polar surface area (TPSA) is 30.5 Å². The normalized spacial score (nSPS) is 10.7. The van der Waals surface area contributed by atoms with Gasteiger partial charge in [-0.2, -0.15) is 0 Å². The molecule has 1 N–H and O–H groups in total. The van der Waals surface area contributed by atoms with Crippen LogP contribution in [-0.4, -0.2) is 19.8 Å². The van der Waals surface area contributed by atoms with E-state index in [-0.39, 0.29) is 0 Å². The molecule has 3 nitrogen and oxygen atoms in total. The molecule has 0 heterocycles. The number of ether oxygens (including phenoxy) is 2. The molecule has 0 unspecified atom stereocenters. The first kappa shape index (κ1) is 18.8. The lowest BCUT2D eigenvalue weighted by molar-refractivity contribution is 0.289. The van der Waals surface area contributed by atoms with Crippen molar-refractivity contribution in [3.63, 3.8) is 0 Å². The highest BCUT2D eigenvalue weighted by atomic mass is 35.5. The lowest BCUT2D eigenvalue weighted by Crippen LogP contribution is -2.11. The summed E-state index contributed by atoms with van der Waals surface area (Å²) in [5, 5.41) is 4.41. The zero-order valence-corrected chi connectivity index (χ0v) is 15.5. The number of hydrogen-bond donors (Lipinski definition) is 1. The lowest BCUT2D eigenvalue weighted by Gasteiger charge is -2.11. The molecule has 0 saturated carbocycles. The molecule has 2 aromatic rings. The predicted octanol–water partition coefficient (Wildman–Crippen LogP) is 5.91. The van der Waals surface area contributed by atoms with Crippen LogP contribution in [0.4, 0.5) is 5.69 Å². The molecule has 0 saturated heterocycles. The molecule has 2 rings (SSSR count). The number of hydrogen-bond acceptors (Lipinski definition) is 3. The maximum Gasteiger partial charge on any atom is 0.138 e. The van der Waals surface area contributed by atoms with E-state index >= 15 is 0 Å². The van der Waals surface area contributed by atoms with Gasteiger partial charge in [0.25, 0.3) is 0 Å². The van der Waals surface area contributed by atoms with Gasteiger partial charge in [0.1, 0.15) is 18.1 Å². The van der Waals surface area contributed by atoms with E-state index in [1.807, 2.05) is 24.3 Å². The van der Waals surface area contributed by atoms with Crippen LogP contribution in [0.25, 0.3) is 0 Å². The average molecular weight is 368 g/mol. The summed E-state index contributed by atoms with van der Waals surface area (Å²) in [6, 6.07) is 13.1. The SMILES string of the molecule is CC(C)CCOc1ccc(NCCOc2ccc(Cl)cc2Cl)cc1. The molecule has 0 aliphatic heterocycles. The number of halogens is 2. The molecule has 0 aliphatic carbocycles. The Balaban J connectivity index is 1.70. The number of rotatable bonds is 9. The first-order chi connectivity index (χ1) is 11.5. The third kappa shape index (κ3) is 6.50. The molecule has 0 spiro atoms. The second-order valence-corrected chi connectivity index (χ2v) is 6.75. The van der Waals surface area contributed by atoms with Crippen LogP contribution < -0.4 is 14.8 Å². The van der Waals surface area contributed by atoms with Crippen molar-refractivity contribution in [1.82, 2.24) is 0 Å². The quantitative estimate of drug-likeness (QED) is 0.558. The van der Waals surface area contributed by atoms with Gasteiger partial charge in [0.05, 0.1) is 11.6 Å². The summed E-state index contributed by atoms with van der Waals surface area (Å²) in [7, 11) is 0. The minimum atomic E-state index is 0.508. The van der Waals surface area contributed by atoms with E-state index in [1.54, 1.807) is 18.2 Å². The number of benzene rings is 2. The van der Waals surface area contributed by atoms with Crippen molar-refractivity contribution in [2.45, 2.75) is 20.3 Å². The van der Waals surface area contributed by atoms with E-state index in [2.05, 4.69) is 19.2 Å². The van der Waals surface area contributed by atoms with Crippen molar-refractivity contribution in [2.24, 2.45) is 5.92 Å². The minimum absolute atomic E-state index is 0.508. The van der Waals surface area contributed by atoms with Gasteiger partial charge in [0, 0.05) is 17.3 Å². The Hall–Kier alpha value is -1.58. The van der Waals surface area contributed by atoms with Gasteiger partial charge in [0.15, 0.2) is 0 Å². The first-order valence-electron chi connectivity index (χ1n) is 8.09. The fourth-order valence-electron chi connectivity index (χ4n) is 2.03. The predicted molar refractivity (Wildman–Crippen MR) is 102 cm³/mol. The zero-order chi connectivity index (χ0) is 17.4. The van der Waals surface area contributed by atoms with Gasteiger partial charge >= 0.3 is 0 Å². The average Bonchev–Trinajstić information content (AvgIpc) is 2.54. The second kappa shape index (κ2) is 9.65. The summed E-state index contributed by atoms with van der Waals surface area (Å²) in [6.45, 7) is 6.31. The zero-order valence-electron chi connectivity index (χ0n) is 14.0. The van der Waals surface area contributed by atoms with Crippen molar-refractivity contribution in [3.05, 3.63) is 52.5 Å². The smallest absolute Gasteiger partial charge is 0.138 e. The van der Waals surface area contributed by atoms with Gasteiger partial charge in [0.2, 0.25) is 0 Å². The maximum absolute atomic E-state index is 6.06. The van der Waals surface area contributed by atoms with Crippen LogP contribution in [0, 0.1) is 5.92 Å². The molecule has 24 heavy (non-hydrogen) atoms. The third-order valence-corrected chi connectivity index (χ3v) is 3.93. The first-order valence-corrected chi connectivity index (χ1v) is 8.85. The Bertz CT molecular complexity index is 630. The van der Waals surface area contributed by atoms with Gasteiger partial charge in [-0.25, -0.2) is 0 Å². The van der Waals surface area contributed by atoms with Crippen LogP contribution in [0.1, 0.15) is 20.3 Å². The fourth-order valence-corrected chi connectivity index (χ4v) is 2.49. The van der Waals surface area contributed by atoms with Crippen LogP contribution >= 0.6 is 23.2 Å². The molecule has 130 valence electrons. The summed E-state index contributed by atoms with van der Waals surface area (Å²) in [6.07, 6.45) is 1.06. The largest absolute Gasteiger partial charge is 0.494 e. The summed E-state index contributed by atoms with van der Waals surface area (Å²) in [5.41, 5.74) is 1.03. The molecule has 0 aliphatic rings. The molecule has 2 aromatic carbocycles. The Morgan fingerprint density at radius 3 is 2.38 bits per heavy atom. The Morgan fingerprint density at radius 2 is 1.71 bits per heavy atom. The van der Waals surface area contributed by atoms with E-state index in [1.165, 1.54) is 0 Å². The van der Waals surface area contributed by atoms with Crippen molar-refractivity contribution in [1.29, 1.82) is 0 Å². The van der Waals surface area contributed by atoms with Gasteiger partial charge in [-0.1, -0.05) is 37.0 Å². The van der Waals surface area contributed by atoms with Gasteiger partial charge in [-0.05, 0) is 54.8 Å². The van der Waals surface area contributed by atoms with Gasteiger partial charge in [-0.15, -0.1) is 0 Å². The summed E-state index contributed by atoms with van der Waals surface area (Å²) in [5.74, 6) is 2.18. The molecular weight excluding hydrogens is 345 g/mol. The molecule has 0 atom stereocenters. The van der Waals surface area contributed by atoms with Crippen LogP contribution in [0.3, 0.4) is 0 Å². The molecule has 0 fully saturated rings. The number of nitrogens with one attached hydrogen (secondary N) is 1. The molecular formula is C19H23Cl2NO2. The van der Waals surface area contributed by atoms with Crippen molar-refractivity contribution in [2.75, 3.05) is 25.1 Å². The second-order valence-electron chi connectivity index (χ2n) is 5.91. The van der Waals surface area contributed by atoms with Crippen molar-refractivity contribution < 1.29 is 9.47 Å². The molecule has 0 radical (unpaired) electrons. The monoisotopic (exact) mass is 367 g/mol. The van der Waals surface area contributed by atoms with Gasteiger partial charge in [-0.3, -0.25) is 0 Å². The fraction of sp³-hybridized carbons (Fsp3) is 0.368. The van der Waals surface area contributed by atoms with Gasteiger partial charge < -0.3 is 14.8 Å². The van der Waals surface area contributed by atoms with Crippen LogP contribution in [0.15, 0.2) is 42.5 Å². The summed E-state index contributed by atoms with van der Waals surface area (Å²) >= 11 is 11.9. The molecule has 0 bridgehead atoms. The summed E-state index contributed by atoms with van der Waals surface area (Å²) in [4.78, 5) is 0. The number of anilines is 1. The van der Waals surface area contributed by atoms with E-state index in [4.69, 9.17) is 32.7 Å². The van der Waals surface area contributed by atoms with E-state index in [0.717, 1.165) is 24.5 Å². The standard InChI is InChI=1S/C19H23Cl2NO2/c1-14(2)9-11-23-17-6-4-16(5-7-17)22-10-12-24-19-8-3-15(20)13-18(19)21/h3-8,13-14,22H,9-12H2,1-2H3. The van der Waals surface area contributed by atoms with E-state index in [9.17, 15) is 0 Å². The highest BCUT2D eigenvalue weighted by Crippen LogP contribution is 2.27. The third-order valence-electron chi connectivity index (χ3n) is 3.40. The molecule has 5 heteroatoms. The van der Waals surface area contributed by atoms with E-state index in [0.29, 0.717) is 34.9 Å². The van der Waals surface area contributed by atoms with E-state index < -0.39 is 0 Å². The highest BCUT2D eigenvalue weighted by molar-refractivity contribution is 6.35. The van der Waals surface area contributed by atoms with Crippen LogP contribution in [0.5, 0.6) is 11.5 Å². The maximum atomic E-state index is 6.06. The van der Waals surface area contributed by atoms with Crippen molar-refractivity contribution >= 4 is 28.9 Å². The van der Waals surface area contributed by atoms with Crippen LogP contribution in [0.2, 0.25) is 10.0 Å². The Labute approximate surface area is 153 Å². The highest BCUT2D eigenvalue weighted by Gasteiger charge is 2.02. The molecule has 0 amide bonds. The van der Waals surface area contributed by atoms with Crippen LogP contribution in [-0.2, 0) is 0 Å². The van der Waals surface area contributed by atoms with Crippen molar-refractivity contribution in [3.8, 4) is 11.5 Å². The Morgan fingerprint density at radius 1 is 0.958 bits per heavy atom. The molecule has 0 aromatic heterocycles.